The van der Waals surface area contributed by atoms with Crippen LogP contribution in [0, 0.1) is 0 Å². The Hall–Kier alpha value is -1.02. The molecule has 0 aliphatic heterocycles. The molecule has 1 aromatic rings. The van der Waals surface area contributed by atoms with Crippen molar-refractivity contribution in [3.05, 3.63) is 29.8 Å². The fraction of sp³-hybridized carbons (Fsp3) is 0.538. The Balaban J connectivity index is 1.91. The van der Waals surface area contributed by atoms with Gasteiger partial charge in [-0.3, -0.25) is 0 Å². The smallest absolute Gasteiger partial charge is 0.119 e. The minimum absolute atomic E-state index is 0.458. The van der Waals surface area contributed by atoms with Crippen LogP contribution in [0.25, 0.3) is 0 Å². The van der Waals surface area contributed by atoms with Crippen molar-refractivity contribution in [1.82, 2.24) is 5.32 Å². The van der Waals surface area contributed by atoms with Gasteiger partial charge in [0.1, 0.15) is 5.75 Å². The normalized spacial score (nSPS) is 16.9. The summed E-state index contributed by atoms with van der Waals surface area (Å²) in [5.74, 6) is 1.02. The van der Waals surface area contributed by atoms with E-state index in [2.05, 4.69) is 29.6 Å². The summed E-state index contributed by atoms with van der Waals surface area (Å²) < 4.78 is 5.89. The second-order valence-electron chi connectivity index (χ2n) is 4.20. The molecule has 0 spiro atoms. The summed E-state index contributed by atoms with van der Waals surface area (Å²) in [5, 5.41) is 3.14. The van der Waals surface area contributed by atoms with Crippen molar-refractivity contribution >= 4 is 0 Å². The molecule has 2 heteroatoms. The highest BCUT2D eigenvalue weighted by atomic mass is 16.5. The minimum atomic E-state index is 0.458. The molecule has 0 heterocycles. The fourth-order valence-electron chi connectivity index (χ4n) is 2.09. The molecular weight excluding hydrogens is 186 g/mol. The highest BCUT2D eigenvalue weighted by Crippen LogP contribution is 2.24. The van der Waals surface area contributed by atoms with Gasteiger partial charge in [-0.05, 0) is 50.4 Å². The van der Waals surface area contributed by atoms with Crippen LogP contribution >= 0.6 is 0 Å². The third-order valence-electron chi connectivity index (χ3n) is 2.91. The molecule has 1 fully saturated rings. The second-order valence-corrected chi connectivity index (χ2v) is 4.20. The maximum Gasteiger partial charge on any atom is 0.119 e. The monoisotopic (exact) mass is 205 g/mol. The summed E-state index contributed by atoms with van der Waals surface area (Å²) in [4.78, 5) is 0. The first-order valence-corrected chi connectivity index (χ1v) is 5.78. The molecule has 0 radical (unpaired) electrons. The van der Waals surface area contributed by atoms with Crippen LogP contribution in [0.1, 0.15) is 31.2 Å². The molecule has 1 aromatic carbocycles. The van der Waals surface area contributed by atoms with E-state index in [1.165, 1.54) is 31.2 Å². The van der Waals surface area contributed by atoms with E-state index in [0.717, 1.165) is 12.3 Å². The lowest BCUT2D eigenvalue weighted by Crippen LogP contribution is -2.11. The molecule has 1 aliphatic rings. The van der Waals surface area contributed by atoms with Crippen LogP contribution in [0.2, 0.25) is 0 Å². The summed E-state index contributed by atoms with van der Waals surface area (Å²) in [6, 6.07) is 8.40. The zero-order valence-corrected chi connectivity index (χ0v) is 9.33. The van der Waals surface area contributed by atoms with E-state index in [-0.39, 0.29) is 0 Å². The molecule has 1 aliphatic carbocycles. The standard InChI is InChI=1S/C13H19NO/c1-14-10-11-6-8-13(9-7-11)15-12-4-2-3-5-12/h6-9,12,14H,2-5,10H2,1H3. The molecule has 1 saturated carbocycles. The van der Waals surface area contributed by atoms with Gasteiger partial charge in [0.15, 0.2) is 0 Å². The van der Waals surface area contributed by atoms with Crippen molar-refractivity contribution in [3.8, 4) is 5.75 Å². The van der Waals surface area contributed by atoms with Crippen LogP contribution in [0.3, 0.4) is 0 Å². The van der Waals surface area contributed by atoms with Crippen molar-refractivity contribution in [1.29, 1.82) is 0 Å². The van der Waals surface area contributed by atoms with Gasteiger partial charge in [0.25, 0.3) is 0 Å². The maximum atomic E-state index is 5.89. The first kappa shape index (κ1) is 10.5. The van der Waals surface area contributed by atoms with E-state index in [4.69, 9.17) is 4.74 Å². The Morgan fingerprint density at radius 2 is 1.87 bits per heavy atom. The Morgan fingerprint density at radius 3 is 2.47 bits per heavy atom. The molecule has 0 bridgehead atoms. The number of ether oxygens (including phenoxy) is 1. The Morgan fingerprint density at radius 1 is 1.20 bits per heavy atom. The van der Waals surface area contributed by atoms with E-state index >= 15 is 0 Å². The molecule has 0 saturated heterocycles. The van der Waals surface area contributed by atoms with Crippen molar-refractivity contribution in [2.75, 3.05) is 7.05 Å². The molecule has 0 aromatic heterocycles. The van der Waals surface area contributed by atoms with Crippen molar-refractivity contribution in [3.63, 3.8) is 0 Å². The van der Waals surface area contributed by atoms with E-state index < -0.39 is 0 Å². The third kappa shape index (κ3) is 2.96. The molecule has 1 N–H and O–H groups in total. The van der Waals surface area contributed by atoms with Crippen LogP contribution < -0.4 is 10.1 Å². The second kappa shape index (κ2) is 5.17. The molecule has 2 rings (SSSR count). The largest absolute Gasteiger partial charge is 0.490 e. The SMILES string of the molecule is CNCc1ccc(OC2CCCC2)cc1. The Kier molecular flexibility index (Phi) is 3.62. The summed E-state index contributed by atoms with van der Waals surface area (Å²) in [6.07, 6.45) is 5.54. The van der Waals surface area contributed by atoms with Gasteiger partial charge in [0.05, 0.1) is 6.10 Å². The first-order valence-electron chi connectivity index (χ1n) is 5.78. The molecule has 0 atom stereocenters. The fourth-order valence-corrected chi connectivity index (χ4v) is 2.09. The van der Waals surface area contributed by atoms with Crippen LogP contribution in [-0.4, -0.2) is 13.2 Å². The number of hydrogen-bond donors (Lipinski definition) is 1. The quantitative estimate of drug-likeness (QED) is 0.816. The topological polar surface area (TPSA) is 21.3 Å². The average Bonchev–Trinajstić information content (AvgIpc) is 2.74. The summed E-state index contributed by atoms with van der Waals surface area (Å²) in [5.41, 5.74) is 1.30. The molecule has 82 valence electrons. The predicted octanol–water partition coefficient (Wildman–Crippen LogP) is 2.73. The highest BCUT2D eigenvalue weighted by molar-refractivity contribution is 5.27. The van der Waals surface area contributed by atoms with Gasteiger partial charge in [-0.25, -0.2) is 0 Å². The number of nitrogens with one attached hydrogen (secondary N) is 1. The summed E-state index contributed by atoms with van der Waals surface area (Å²) in [7, 11) is 1.96. The van der Waals surface area contributed by atoms with E-state index in [0.29, 0.717) is 6.10 Å². The minimum Gasteiger partial charge on any atom is -0.490 e. The van der Waals surface area contributed by atoms with Crippen LogP contribution in [-0.2, 0) is 6.54 Å². The summed E-state index contributed by atoms with van der Waals surface area (Å²) in [6.45, 7) is 0.920. The van der Waals surface area contributed by atoms with Gasteiger partial charge in [0.2, 0.25) is 0 Å². The predicted molar refractivity (Wildman–Crippen MR) is 62.1 cm³/mol. The lowest BCUT2D eigenvalue weighted by Gasteiger charge is -2.13. The van der Waals surface area contributed by atoms with Crippen molar-refractivity contribution in [2.45, 2.75) is 38.3 Å². The number of rotatable bonds is 4. The zero-order chi connectivity index (χ0) is 10.5. The van der Waals surface area contributed by atoms with Gasteiger partial charge in [-0.1, -0.05) is 12.1 Å². The molecule has 0 unspecified atom stereocenters. The Bertz CT molecular complexity index is 288. The van der Waals surface area contributed by atoms with Crippen LogP contribution in [0.4, 0.5) is 0 Å². The zero-order valence-electron chi connectivity index (χ0n) is 9.33. The number of benzene rings is 1. The van der Waals surface area contributed by atoms with E-state index in [1.807, 2.05) is 7.05 Å². The third-order valence-corrected chi connectivity index (χ3v) is 2.91. The van der Waals surface area contributed by atoms with Crippen LogP contribution in [0.5, 0.6) is 5.75 Å². The van der Waals surface area contributed by atoms with E-state index in [9.17, 15) is 0 Å². The maximum absolute atomic E-state index is 5.89. The molecule has 2 nitrogen and oxygen atoms in total. The average molecular weight is 205 g/mol. The van der Waals surface area contributed by atoms with Crippen LogP contribution in [0.15, 0.2) is 24.3 Å². The molecular formula is C13H19NO. The van der Waals surface area contributed by atoms with Gasteiger partial charge >= 0.3 is 0 Å². The van der Waals surface area contributed by atoms with Crippen molar-refractivity contribution < 1.29 is 4.74 Å². The first-order chi connectivity index (χ1) is 7.38. The molecule has 0 amide bonds. The van der Waals surface area contributed by atoms with Gasteiger partial charge in [-0.2, -0.15) is 0 Å². The number of hydrogen-bond acceptors (Lipinski definition) is 2. The van der Waals surface area contributed by atoms with Gasteiger partial charge < -0.3 is 10.1 Å². The lowest BCUT2D eigenvalue weighted by molar-refractivity contribution is 0.210. The van der Waals surface area contributed by atoms with Crippen molar-refractivity contribution in [2.24, 2.45) is 0 Å². The lowest BCUT2D eigenvalue weighted by atomic mass is 10.2. The Labute approximate surface area is 91.6 Å². The molecule has 15 heavy (non-hydrogen) atoms. The highest BCUT2D eigenvalue weighted by Gasteiger charge is 2.15. The van der Waals surface area contributed by atoms with E-state index in [1.54, 1.807) is 0 Å². The summed E-state index contributed by atoms with van der Waals surface area (Å²) >= 11 is 0. The van der Waals surface area contributed by atoms with Gasteiger partial charge in [0, 0.05) is 6.54 Å². The van der Waals surface area contributed by atoms with Gasteiger partial charge in [-0.15, -0.1) is 0 Å².